The second-order valence-electron chi connectivity index (χ2n) is 4.05. The number of hydrogen-bond acceptors (Lipinski definition) is 0. The monoisotopic (exact) mass is 161 g/mol. The molecule has 0 amide bonds. The van der Waals surface area contributed by atoms with E-state index in [0.717, 1.165) is 6.71 Å². The number of rotatable bonds is 1. The fourth-order valence-electron chi connectivity index (χ4n) is 2.08. The molecule has 1 fully saturated rings. The van der Waals surface area contributed by atoms with E-state index in [9.17, 15) is 0 Å². The van der Waals surface area contributed by atoms with E-state index in [1.54, 1.807) is 5.59 Å². The van der Waals surface area contributed by atoms with Crippen LogP contribution in [0.4, 0.5) is 0 Å². The van der Waals surface area contributed by atoms with E-state index in [1.165, 1.54) is 29.5 Å². The van der Waals surface area contributed by atoms with Crippen molar-refractivity contribution >= 4 is 12.3 Å². The van der Waals surface area contributed by atoms with Crippen molar-refractivity contribution in [3.8, 4) is 0 Å². The summed E-state index contributed by atoms with van der Waals surface area (Å²) in [5.74, 6) is 0. The molecule has 0 bridgehead atoms. The molecule has 1 aromatic rings. The molecule has 0 aromatic carbocycles. The van der Waals surface area contributed by atoms with Crippen LogP contribution in [0.25, 0.3) is 0 Å². The highest BCUT2D eigenvalue weighted by Gasteiger charge is 2.33. The van der Waals surface area contributed by atoms with Gasteiger partial charge in [0.25, 0.3) is 0 Å². The lowest BCUT2D eigenvalue weighted by atomic mass is 9.65. The first-order valence-electron chi connectivity index (χ1n) is 4.75. The maximum atomic E-state index is 2.38. The van der Waals surface area contributed by atoms with Crippen LogP contribution in [0.1, 0.15) is 16.8 Å². The van der Waals surface area contributed by atoms with Gasteiger partial charge in [-0.2, -0.15) is 0 Å². The van der Waals surface area contributed by atoms with Crippen LogP contribution in [0.5, 0.6) is 0 Å². The van der Waals surface area contributed by atoms with Gasteiger partial charge in [-0.25, -0.2) is 0 Å². The first-order chi connectivity index (χ1) is 5.63. The van der Waals surface area contributed by atoms with Gasteiger partial charge in [-0.1, -0.05) is 12.6 Å². The Hall–Kier alpha value is -0.655. The maximum absolute atomic E-state index is 2.38. The fraction of sp³-hybridized carbons (Fsp3) is 0.600. The molecule has 0 saturated carbocycles. The SMILES string of the molecule is Cc1c(C)c(B2CC2)n(C)c1C. The van der Waals surface area contributed by atoms with Crippen LogP contribution in [0.15, 0.2) is 0 Å². The predicted octanol–water partition coefficient (Wildman–Crippen LogP) is 1.67. The standard InChI is InChI=1S/C10H16BN/c1-7-8(2)10(11-5-6-11)12(4)9(7)3/h5-6H2,1-4H3. The van der Waals surface area contributed by atoms with E-state index < -0.39 is 0 Å². The van der Waals surface area contributed by atoms with Crippen molar-refractivity contribution in [1.29, 1.82) is 0 Å². The maximum Gasteiger partial charge on any atom is 0.196 e. The number of aromatic nitrogens is 1. The molecule has 0 radical (unpaired) electrons. The third-order valence-electron chi connectivity index (χ3n) is 3.32. The second kappa shape index (κ2) is 2.41. The van der Waals surface area contributed by atoms with E-state index in [1.807, 2.05) is 0 Å². The summed E-state index contributed by atoms with van der Waals surface area (Å²) in [6.07, 6.45) is 2.80. The Morgan fingerprint density at radius 3 is 2.00 bits per heavy atom. The summed E-state index contributed by atoms with van der Waals surface area (Å²) >= 11 is 0. The summed E-state index contributed by atoms with van der Waals surface area (Å²) in [5, 5.41) is 0. The number of hydrogen-bond donors (Lipinski definition) is 0. The Labute approximate surface area is 74.9 Å². The molecule has 12 heavy (non-hydrogen) atoms. The van der Waals surface area contributed by atoms with Gasteiger partial charge in [-0.05, 0) is 37.5 Å². The highest BCUT2D eigenvalue weighted by molar-refractivity contribution is 6.82. The third-order valence-corrected chi connectivity index (χ3v) is 3.32. The van der Waals surface area contributed by atoms with E-state index in [2.05, 4.69) is 32.4 Å². The third kappa shape index (κ3) is 0.938. The van der Waals surface area contributed by atoms with Crippen molar-refractivity contribution in [2.24, 2.45) is 7.05 Å². The summed E-state index contributed by atoms with van der Waals surface area (Å²) < 4.78 is 2.38. The van der Waals surface area contributed by atoms with E-state index >= 15 is 0 Å². The topological polar surface area (TPSA) is 4.93 Å². The first kappa shape index (κ1) is 7.97. The van der Waals surface area contributed by atoms with Crippen molar-refractivity contribution in [1.82, 2.24) is 4.57 Å². The van der Waals surface area contributed by atoms with Gasteiger partial charge in [-0.3, -0.25) is 0 Å². The summed E-state index contributed by atoms with van der Waals surface area (Å²) in [7, 11) is 2.20. The molecule has 0 N–H and O–H groups in total. The van der Waals surface area contributed by atoms with Crippen molar-refractivity contribution in [2.75, 3.05) is 0 Å². The Morgan fingerprint density at radius 1 is 1.08 bits per heavy atom. The lowest BCUT2D eigenvalue weighted by Gasteiger charge is -2.02. The Bertz CT molecular complexity index is 296. The van der Waals surface area contributed by atoms with Crippen LogP contribution >= 0.6 is 0 Å². The van der Waals surface area contributed by atoms with Crippen molar-refractivity contribution in [2.45, 2.75) is 33.4 Å². The van der Waals surface area contributed by atoms with Crippen molar-refractivity contribution < 1.29 is 0 Å². The quantitative estimate of drug-likeness (QED) is 0.552. The zero-order valence-electron chi connectivity index (χ0n) is 8.44. The molecule has 1 aliphatic heterocycles. The summed E-state index contributed by atoms with van der Waals surface area (Å²) in [4.78, 5) is 0. The van der Waals surface area contributed by atoms with Gasteiger partial charge in [0.2, 0.25) is 0 Å². The average molecular weight is 161 g/mol. The van der Waals surface area contributed by atoms with Crippen LogP contribution in [0.2, 0.25) is 12.6 Å². The molecule has 0 aliphatic carbocycles. The Kier molecular flexibility index (Phi) is 1.60. The van der Waals surface area contributed by atoms with Gasteiger partial charge in [0, 0.05) is 12.7 Å². The highest BCUT2D eigenvalue weighted by Crippen LogP contribution is 2.24. The molecule has 1 saturated heterocycles. The molecule has 2 rings (SSSR count). The van der Waals surface area contributed by atoms with E-state index in [-0.39, 0.29) is 0 Å². The largest absolute Gasteiger partial charge is 0.360 e. The smallest absolute Gasteiger partial charge is 0.196 e. The molecule has 2 heteroatoms. The van der Waals surface area contributed by atoms with Gasteiger partial charge in [0.15, 0.2) is 6.71 Å². The molecule has 1 aromatic heterocycles. The molecule has 1 nitrogen and oxygen atoms in total. The average Bonchev–Trinajstić information content (AvgIpc) is 2.82. The minimum absolute atomic E-state index is 0.877. The predicted molar refractivity (Wildman–Crippen MR) is 54.6 cm³/mol. The molecular weight excluding hydrogens is 145 g/mol. The highest BCUT2D eigenvalue weighted by atomic mass is 14.9. The zero-order valence-corrected chi connectivity index (χ0v) is 8.44. The zero-order chi connectivity index (χ0) is 8.88. The summed E-state index contributed by atoms with van der Waals surface area (Å²) in [6.45, 7) is 7.59. The number of nitrogens with zero attached hydrogens (tertiary/aromatic N) is 1. The Balaban J connectivity index is 2.58. The van der Waals surface area contributed by atoms with Gasteiger partial charge in [0.1, 0.15) is 0 Å². The Morgan fingerprint density at radius 2 is 1.67 bits per heavy atom. The van der Waals surface area contributed by atoms with Crippen LogP contribution in [-0.4, -0.2) is 11.3 Å². The van der Waals surface area contributed by atoms with E-state index in [0.29, 0.717) is 0 Å². The lowest BCUT2D eigenvalue weighted by molar-refractivity contribution is 0.900. The minimum Gasteiger partial charge on any atom is -0.360 e. The van der Waals surface area contributed by atoms with Gasteiger partial charge < -0.3 is 4.57 Å². The van der Waals surface area contributed by atoms with E-state index in [4.69, 9.17) is 0 Å². The normalized spacial score (nSPS) is 15.5. The minimum atomic E-state index is 0.877. The molecule has 1 aliphatic rings. The molecule has 64 valence electrons. The summed E-state index contributed by atoms with van der Waals surface area (Å²) in [6, 6.07) is 0. The molecular formula is C10H16BN. The lowest BCUT2D eigenvalue weighted by Crippen LogP contribution is -2.25. The van der Waals surface area contributed by atoms with Crippen LogP contribution in [-0.2, 0) is 7.05 Å². The molecule has 0 unspecified atom stereocenters. The summed E-state index contributed by atoms with van der Waals surface area (Å²) in [5.41, 5.74) is 6.04. The molecule has 2 heterocycles. The second-order valence-corrected chi connectivity index (χ2v) is 4.05. The fourth-order valence-corrected chi connectivity index (χ4v) is 2.08. The van der Waals surface area contributed by atoms with Crippen LogP contribution in [0, 0.1) is 20.8 Å². The van der Waals surface area contributed by atoms with Crippen LogP contribution in [0.3, 0.4) is 0 Å². The van der Waals surface area contributed by atoms with Gasteiger partial charge in [-0.15, -0.1) is 0 Å². The van der Waals surface area contributed by atoms with Gasteiger partial charge in [0.05, 0.1) is 0 Å². The molecule has 0 atom stereocenters. The van der Waals surface area contributed by atoms with Crippen LogP contribution < -0.4 is 5.59 Å². The first-order valence-corrected chi connectivity index (χ1v) is 4.75. The van der Waals surface area contributed by atoms with Crippen molar-refractivity contribution in [3.05, 3.63) is 16.8 Å². The van der Waals surface area contributed by atoms with Gasteiger partial charge >= 0.3 is 0 Å². The molecule has 0 spiro atoms. The van der Waals surface area contributed by atoms with Crippen molar-refractivity contribution in [3.63, 3.8) is 0 Å².